The lowest BCUT2D eigenvalue weighted by atomic mass is 10.3. The number of hydrogen-bond acceptors (Lipinski definition) is 4. The standard InChI is InChI=1S/C7H8N2O2/c1-5-2-3-6(9-8-5)4-7(10)11/h2-3H,4H2,1H3,(H,10,11)/p-1. The molecule has 0 unspecified atom stereocenters. The fourth-order valence-corrected chi connectivity index (χ4v) is 0.669. The van der Waals surface area contributed by atoms with Crippen molar-refractivity contribution in [2.24, 2.45) is 0 Å². The first kappa shape index (κ1) is 7.65. The third kappa shape index (κ3) is 2.33. The van der Waals surface area contributed by atoms with Gasteiger partial charge in [-0.15, -0.1) is 0 Å². The Balaban J connectivity index is 2.74. The quantitative estimate of drug-likeness (QED) is 0.548. The number of carbonyl (C=O) groups is 1. The lowest BCUT2D eigenvalue weighted by Crippen LogP contribution is -2.24. The van der Waals surface area contributed by atoms with E-state index in [1.54, 1.807) is 19.1 Å². The van der Waals surface area contributed by atoms with E-state index in [0.29, 0.717) is 5.69 Å². The van der Waals surface area contributed by atoms with Crippen molar-refractivity contribution in [1.29, 1.82) is 0 Å². The Bertz CT molecular complexity index is 256. The van der Waals surface area contributed by atoms with Crippen LogP contribution in [0.4, 0.5) is 0 Å². The molecule has 4 heteroatoms. The van der Waals surface area contributed by atoms with Gasteiger partial charge in [-0.25, -0.2) is 0 Å². The first-order valence-corrected chi connectivity index (χ1v) is 3.17. The van der Waals surface area contributed by atoms with Gasteiger partial charge in [-0.1, -0.05) is 0 Å². The van der Waals surface area contributed by atoms with Crippen LogP contribution in [0.5, 0.6) is 0 Å². The molecule has 0 saturated heterocycles. The fraction of sp³-hybridized carbons (Fsp3) is 0.286. The zero-order valence-corrected chi connectivity index (χ0v) is 6.07. The van der Waals surface area contributed by atoms with Crippen molar-refractivity contribution in [3.63, 3.8) is 0 Å². The van der Waals surface area contributed by atoms with Crippen molar-refractivity contribution >= 4 is 5.97 Å². The van der Waals surface area contributed by atoms with E-state index < -0.39 is 5.97 Å². The molecule has 0 saturated carbocycles. The molecule has 0 N–H and O–H groups in total. The van der Waals surface area contributed by atoms with Crippen LogP contribution in [0, 0.1) is 6.92 Å². The minimum absolute atomic E-state index is 0.173. The smallest absolute Gasteiger partial charge is 0.0687 e. The van der Waals surface area contributed by atoms with Gasteiger partial charge in [0, 0.05) is 12.4 Å². The van der Waals surface area contributed by atoms with E-state index in [9.17, 15) is 9.90 Å². The van der Waals surface area contributed by atoms with Crippen LogP contribution >= 0.6 is 0 Å². The summed E-state index contributed by atoms with van der Waals surface area (Å²) in [4.78, 5) is 10.1. The predicted molar refractivity (Wildman–Crippen MR) is 35.5 cm³/mol. The van der Waals surface area contributed by atoms with Gasteiger partial charge in [0.15, 0.2) is 0 Å². The van der Waals surface area contributed by atoms with Gasteiger partial charge >= 0.3 is 0 Å². The molecule has 0 radical (unpaired) electrons. The fourth-order valence-electron chi connectivity index (χ4n) is 0.669. The maximum atomic E-state index is 10.1. The van der Waals surface area contributed by atoms with Crippen LogP contribution < -0.4 is 5.11 Å². The molecule has 11 heavy (non-hydrogen) atoms. The summed E-state index contributed by atoms with van der Waals surface area (Å²) >= 11 is 0. The molecule has 0 fully saturated rings. The van der Waals surface area contributed by atoms with Crippen LogP contribution in [0.25, 0.3) is 0 Å². The van der Waals surface area contributed by atoms with Crippen LogP contribution in [-0.4, -0.2) is 16.2 Å². The summed E-state index contributed by atoms with van der Waals surface area (Å²) < 4.78 is 0. The minimum Gasteiger partial charge on any atom is -0.550 e. The Morgan fingerprint density at radius 3 is 2.73 bits per heavy atom. The van der Waals surface area contributed by atoms with E-state index in [1.807, 2.05) is 0 Å². The Morgan fingerprint density at radius 2 is 2.27 bits per heavy atom. The van der Waals surface area contributed by atoms with Crippen molar-refractivity contribution in [3.05, 3.63) is 23.5 Å². The molecule has 0 bridgehead atoms. The molecule has 0 aliphatic heterocycles. The molecule has 0 atom stereocenters. The maximum Gasteiger partial charge on any atom is 0.0687 e. The van der Waals surface area contributed by atoms with E-state index >= 15 is 0 Å². The Kier molecular flexibility index (Phi) is 2.15. The molecule has 1 aromatic rings. The minimum atomic E-state index is -1.14. The van der Waals surface area contributed by atoms with Gasteiger partial charge in [0.2, 0.25) is 0 Å². The van der Waals surface area contributed by atoms with Crippen molar-refractivity contribution in [1.82, 2.24) is 10.2 Å². The van der Waals surface area contributed by atoms with Crippen LogP contribution in [0.15, 0.2) is 12.1 Å². The van der Waals surface area contributed by atoms with Gasteiger partial charge < -0.3 is 9.90 Å². The maximum absolute atomic E-state index is 10.1. The zero-order valence-electron chi connectivity index (χ0n) is 6.07. The van der Waals surface area contributed by atoms with E-state index in [0.717, 1.165) is 5.69 Å². The lowest BCUT2D eigenvalue weighted by molar-refractivity contribution is -0.304. The summed E-state index contributed by atoms with van der Waals surface area (Å²) in [6.45, 7) is 1.79. The summed E-state index contributed by atoms with van der Waals surface area (Å²) in [6.07, 6.45) is -0.173. The molecule has 1 heterocycles. The third-order valence-corrected chi connectivity index (χ3v) is 1.18. The van der Waals surface area contributed by atoms with Crippen molar-refractivity contribution < 1.29 is 9.90 Å². The molecule has 1 aromatic heterocycles. The monoisotopic (exact) mass is 151 g/mol. The summed E-state index contributed by atoms with van der Waals surface area (Å²) in [6, 6.07) is 3.34. The second-order valence-corrected chi connectivity index (χ2v) is 2.21. The van der Waals surface area contributed by atoms with E-state index in [2.05, 4.69) is 10.2 Å². The highest BCUT2D eigenvalue weighted by Gasteiger charge is 1.94. The largest absolute Gasteiger partial charge is 0.550 e. The first-order chi connectivity index (χ1) is 5.18. The molecule has 58 valence electrons. The second-order valence-electron chi connectivity index (χ2n) is 2.21. The van der Waals surface area contributed by atoms with Crippen LogP contribution in [0.2, 0.25) is 0 Å². The molecule has 0 aromatic carbocycles. The van der Waals surface area contributed by atoms with Crippen molar-refractivity contribution in [2.45, 2.75) is 13.3 Å². The van der Waals surface area contributed by atoms with Gasteiger partial charge in [-0.05, 0) is 19.1 Å². The number of carboxylic acids is 1. The van der Waals surface area contributed by atoms with Gasteiger partial charge in [0.25, 0.3) is 0 Å². The number of aliphatic carboxylic acids is 1. The number of carboxylic acid groups (broad SMARTS) is 1. The summed E-state index contributed by atoms with van der Waals surface area (Å²) in [5, 5.41) is 17.4. The number of carbonyl (C=O) groups excluding carboxylic acids is 1. The van der Waals surface area contributed by atoms with Crippen LogP contribution in [-0.2, 0) is 11.2 Å². The Morgan fingerprint density at radius 1 is 1.55 bits per heavy atom. The molecule has 0 aliphatic carbocycles. The third-order valence-electron chi connectivity index (χ3n) is 1.18. The molecule has 4 nitrogen and oxygen atoms in total. The lowest BCUT2D eigenvalue weighted by Gasteiger charge is -1.99. The Hall–Kier alpha value is -1.45. The zero-order chi connectivity index (χ0) is 8.27. The van der Waals surface area contributed by atoms with Crippen molar-refractivity contribution in [3.8, 4) is 0 Å². The molecular formula is C7H7N2O2-. The van der Waals surface area contributed by atoms with Gasteiger partial charge in [-0.3, -0.25) is 0 Å². The molecule has 0 amide bonds. The van der Waals surface area contributed by atoms with Gasteiger partial charge in [0.1, 0.15) is 0 Å². The topological polar surface area (TPSA) is 65.9 Å². The molecular weight excluding hydrogens is 144 g/mol. The number of rotatable bonds is 2. The number of aryl methyl sites for hydroxylation is 1. The molecule has 0 aliphatic rings. The average molecular weight is 151 g/mol. The number of hydrogen-bond donors (Lipinski definition) is 0. The van der Waals surface area contributed by atoms with E-state index in [1.165, 1.54) is 0 Å². The normalized spacial score (nSPS) is 9.55. The predicted octanol–water partition coefficient (Wildman–Crippen LogP) is -0.923. The Labute approximate surface area is 63.9 Å². The summed E-state index contributed by atoms with van der Waals surface area (Å²) in [7, 11) is 0. The summed E-state index contributed by atoms with van der Waals surface area (Å²) in [5.41, 5.74) is 1.20. The molecule has 1 rings (SSSR count). The highest BCUT2D eigenvalue weighted by Crippen LogP contribution is 1.94. The molecule has 0 spiro atoms. The van der Waals surface area contributed by atoms with Crippen LogP contribution in [0.3, 0.4) is 0 Å². The van der Waals surface area contributed by atoms with E-state index in [-0.39, 0.29) is 6.42 Å². The highest BCUT2D eigenvalue weighted by atomic mass is 16.4. The average Bonchev–Trinajstić information content (AvgIpc) is 1.93. The number of aromatic nitrogens is 2. The van der Waals surface area contributed by atoms with E-state index in [4.69, 9.17) is 0 Å². The first-order valence-electron chi connectivity index (χ1n) is 3.17. The SMILES string of the molecule is Cc1ccc(CC(=O)[O-])nn1. The van der Waals surface area contributed by atoms with Crippen LogP contribution in [0.1, 0.15) is 11.4 Å². The highest BCUT2D eigenvalue weighted by molar-refractivity contribution is 5.67. The van der Waals surface area contributed by atoms with Gasteiger partial charge in [-0.2, -0.15) is 10.2 Å². The number of nitrogens with zero attached hydrogens (tertiary/aromatic N) is 2. The van der Waals surface area contributed by atoms with Gasteiger partial charge in [0.05, 0.1) is 11.4 Å². The van der Waals surface area contributed by atoms with Crippen molar-refractivity contribution in [2.75, 3.05) is 0 Å². The second kappa shape index (κ2) is 3.09. The summed E-state index contributed by atoms with van der Waals surface area (Å²) in [5.74, 6) is -1.14.